The molecule has 1 N–H and O–H groups in total. The number of hydrogen-bond acceptors (Lipinski definition) is 4. The van der Waals surface area contributed by atoms with Crippen LogP contribution in [0.25, 0.3) is 10.7 Å². The van der Waals surface area contributed by atoms with Gasteiger partial charge in [-0.25, -0.2) is 4.98 Å². The van der Waals surface area contributed by atoms with E-state index in [4.69, 9.17) is 16.6 Å². The molecule has 0 bridgehead atoms. The molecule has 2 aromatic rings. The van der Waals surface area contributed by atoms with Crippen molar-refractivity contribution in [3.05, 3.63) is 33.9 Å². The summed E-state index contributed by atoms with van der Waals surface area (Å²) < 4.78 is 0. The van der Waals surface area contributed by atoms with Gasteiger partial charge in [0.05, 0.1) is 22.5 Å². The molecule has 1 aliphatic rings. The lowest BCUT2D eigenvalue weighted by Gasteiger charge is -2.21. The van der Waals surface area contributed by atoms with E-state index in [0.29, 0.717) is 11.1 Å². The topological polar surface area (TPSA) is 37.8 Å². The molecular weight excluding hydrogens is 278 g/mol. The summed E-state index contributed by atoms with van der Waals surface area (Å²) in [6.07, 6.45) is 5.24. The third-order valence-electron chi connectivity index (χ3n) is 3.35. The fraction of sp³-hybridized carbons (Fsp3) is 0.429. The molecular formula is C14H16ClN3S. The van der Waals surface area contributed by atoms with E-state index < -0.39 is 0 Å². The summed E-state index contributed by atoms with van der Waals surface area (Å²) in [5, 5.41) is 5.19. The van der Waals surface area contributed by atoms with Crippen molar-refractivity contribution in [2.45, 2.75) is 32.2 Å². The number of hydrogen-bond donors (Lipinski definition) is 1. The molecule has 1 unspecified atom stereocenters. The molecule has 0 aliphatic heterocycles. The summed E-state index contributed by atoms with van der Waals surface area (Å²) in [4.78, 5) is 10.6. The maximum atomic E-state index is 5.88. The number of nitrogens with zero attached hydrogens (tertiary/aromatic N) is 2. The van der Waals surface area contributed by atoms with Crippen LogP contribution in [-0.2, 0) is 6.42 Å². The quantitative estimate of drug-likeness (QED) is 0.934. The molecule has 0 amide bonds. The largest absolute Gasteiger partial charge is 0.309 e. The zero-order valence-corrected chi connectivity index (χ0v) is 12.4. The first-order valence-corrected chi connectivity index (χ1v) is 7.82. The minimum Gasteiger partial charge on any atom is -0.309 e. The van der Waals surface area contributed by atoms with Crippen LogP contribution in [0.15, 0.2) is 18.3 Å². The Morgan fingerprint density at radius 3 is 3.11 bits per heavy atom. The van der Waals surface area contributed by atoms with E-state index in [9.17, 15) is 0 Å². The predicted molar refractivity (Wildman–Crippen MR) is 79.7 cm³/mol. The van der Waals surface area contributed by atoms with Crippen molar-refractivity contribution in [2.24, 2.45) is 0 Å². The van der Waals surface area contributed by atoms with Crippen molar-refractivity contribution < 1.29 is 0 Å². The Morgan fingerprint density at radius 1 is 1.47 bits per heavy atom. The summed E-state index contributed by atoms with van der Waals surface area (Å²) in [5.74, 6) is 0. The molecule has 3 rings (SSSR count). The van der Waals surface area contributed by atoms with Gasteiger partial charge in [0.25, 0.3) is 0 Å². The van der Waals surface area contributed by atoms with Crippen LogP contribution >= 0.6 is 22.9 Å². The van der Waals surface area contributed by atoms with Crippen LogP contribution in [0.5, 0.6) is 0 Å². The molecule has 5 heteroatoms. The minimum absolute atomic E-state index is 0.408. The molecule has 3 nitrogen and oxygen atoms in total. The lowest BCUT2D eigenvalue weighted by Crippen LogP contribution is -2.24. The number of pyridine rings is 1. The van der Waals surface area contributed by atoms with Crippen LogP contribution in [0.2, 0.25) is 5.02 Å². The maximum absolute atomic E-state index is 5.88. The number of fused-ring (bicyclic) bond motifs is 1. The van der Waals surface area contributed by atoms with Gasteiger partial charge in [0, 0.05) is 11.1 Å². The van der Waals surface area contributed by atoms with Crippen LogP contribution < -0.4 is 5.32 Å². The number of thiazole rings is 1. The molecule has 0 saturated carbocycles. The fourth-order valence-electron chi connectivity index (χ4n) is 2.48. The van der Waals surface area contributed by atoms with Gasteiger partial charge in [-0.3, -0.25) is 4.98 Å². The average Bonchev–Trinajstić information content (AvgIpc) is 2.85. The third-order valence-corrected chi connectivity index (χ3v) is 4.73. The highest BCUT2D eigenvalue weighted by Crippen LogP contribution is 2.36. The molecule has 1 aliphatic carbocycles. The summed E-state index contributed by atoms with van der Waals surface area (Å²) >= 11 is 7.64. The molecule has 0 radical (unpaired) electrons. The molecule has 0 aromatic carbocycles. The van der Waals surface area contributed by atoms with Crippen LogP contribution in [-0.4, -0.2) is 16.5 Å². The van der Waals surface area contributed by atoms with E-state index in [0.717, 1.165) is 23.7 Å². The number of rotatable bonds is 3. The molecule has 2 aromatic heterocycles. The number of aryl methyl sites for hydroxylation is 1. The standard InChI is InChI=1S/C14H16ClN3S/c1-2-16-10-4-3-5-12-13(10)18-14(19-12)11-7-6-9(15)8-17-11/h6-8,10,16H,2-5H2,1H3. The van der Waals surface area contributed by atoms with E-state index in [2.05, 4.69) is 17.2 Å². The Balaban J connectivity index is 1.95. The molecule has 1 atom stereocenters. The van der Waals surface area contributed by atoms with Crippen LogP contribution in [0.3, 0.4) is 0 Å². The second kappa shape index (κ2) is 5.57. The van der Waals surface area contributed by atoms with Gasteiger partial charge in [0.1, 0.15) is 5.01 Å². The lowest BCUT2D eigenvalue weighted by molar-refractivity contribution is 0.465. The van der Waals surface area contributed by atoms with Gasteiger partial charge < -0.3 is 5.32 Å². The van der Waals surface area contributed by atoms with Gasteiger partial charge in [-0.2, -0.15) is 0 Å². The monoisotopic (exact) mass is 293 g/mol. The van der Waals surface area contributed by atoms with Gasteiger partial charge in [-0.05, 0) is 37.9 Å². The Labute approximate surface area is 122 Å². The normalized spacial score (nSPS) is 18.3. The first-order valence-electron chi connectivity index (χ1n) is 6.63. The second-order valence-corrected chi connectivity index (χ2v) is 6.21. The second-order valence-electron chi connectivity index (χ2n) is 4.69. The molecule has 0 saturated heterocycles. The zero-order chi connectivity index (χ0) is 13.2. The van der Waals surface area contributed by atoms with Gasteiger partial charge in [-0.15, -0.1) is 11.3 Å². The predicted octanol–water partition coefficient (Wildman–Crippen LogP) is 3.85. The number of nitrogens with one attached hydrogen (secondary N) is 1. The highest BCUT2D eigenvalue weighted by Gasteiger charge is 2.24. The van der Waals surface area contributed by atoms with Gasteiger partial charge in [0.15, 0.2) is 0 Å². The Bertz CT molecular complexity index is 565. The highest BCUT2D eigenvalue weighted by atomic mass is 35.5. The lowest BCUT2D eigenvalue weighted by atomic mass is 9.98. The summed E-state index contributed by atoms with van der Waals surface area (Å²) in [6.45, 7) is 3.12. The molecule has 19 heavy (non-hydrogen) atoms. The third kappa shape index (κ3) is 2.66. The molecule has 2 heterocycles. The van der Waals surface area contributed by atoms with E-state index in [-0.39, 0.29) is 0 Å². The Hall–Kier alpha value is -0.970. The Morgan fingerprint density at radius 2 is 2.37 bits per heavy atom. The van der Waals surface area contributed by atoms with Crippen LogP contribution in [0, 0.1) is 0 Å². The fourth-order valence-corrected chi connectivity index (χ4v) is 3.73. The molecule has 100 valence electrons. The van der Waals surface area contributed by atoms with Gasteiger partial charge >= 0.3 is 0 Å². The smallest absolute Gasteiger partial charge is 0.142 e. The van der Waals surface area contributed by atoms with E-state index >= 15 is 0 Å². The van der Waals surface area contributed by atoms with E-state index in [1.54, 1.807) is 17.5 Å². The van der Waals surface area contributed by atoms with E-state index in [1.807, 2.05) is 12.1 Å². The molecule has 0 fully saturated rings. The van der Waals surface area contributed by atoms with Gasteiger partial charge in [0.2, 0.25) is 0 Å². The minimum atomic E-state index is 0.408. The average molecular weight is 294 g/mol. The molecule has 0 spiro atoms. The van der Waals surface area contributed by atoms with Crippen molar-refractivity contribution in [1.29, 1.82) is 0 Å². The summed E-state index contributed by atoms with van der Waals surface area (Å²) in [5.41, 5.74) is 2.14. The van der Waals surface area contributed by atoms with Crippen molar-refractivity contribution in [3.63, 3.8) is 0 Å². The van der Waals surface area contributed by atoms with Crippen LogP contribution in [0.4, 0.5) is 0 Å². The summed E-state index contributed by atoms with van der Waals surface area (Å²) in [6, 6.07) is 4.21. The van der Waals surface area contributed by atoms with E-state index in [1.165, 1.54) is 23.4 Å². The zero-order valence-electron chi connectivity index (χ0n) is 10.8. The Kier molecular flexibility index (Phi) is 3.82. The first kappa shape index (κ1) is 13.0. The number of aromatic nitrogens is 2. The van der Waals surface area contributed by atoms with Crippen LogP contribution in [0.1, 0.15) is 36.4 Å². The van der Waals surface area contributed by atoms with Crippen molar-refractivity contribution in [1.82, 2.24) is 15.3 Å². The number of halogens is 1. The highest BCUT2D eigenvalue weighted by molar-refractivity contribution is 7.15. The van der Waals surface area contributed by atoms with Gasteiger partial charge in [-0.1, -0.05) is 18.5 Å². The summed E-state index contributed by atoms with van der Waals surface area (Å²) in [7, 11) is 0. The van der Waals surface area contributed by atoms with Crippen molar-refractivity contribution >= 4 is 22.9 Å². The van der Waals surface area contributed by atoms with Crippen molar-refractivity contribution in [3.8, 4) is 10.7 Å². The first-order chi connectivity index (χ1) is 9.28. The van der Waals surface area contributed by atoms with Crippen molar-refractivity contribution in [2.75, 3.05) is 6.54 Å². The maximum Gasteiger partial charge on any atom is 0.142 e. The SMILES string of the molecule is CCNC1CCCc2sc(-c3ccc(Cl)cn3)nc21.